The number of nitrogens with zero attached hydrogens (tertiary/aromatic N) is 4. The number of nitrogens with one attached hydrogen (secondary N) is 1. The fourth-order valence-electron chi connectivity index (χ4n) is 3.28. The van der Waals surface area contributed by atoms with Crippen LogP contribution in [0.1, 0.15) is 39.0 Å². The number of aromatic amines is 1. The van der Waals surface area contributed by atoms with Gasteiger partial charge in [-0.15, -0.1) is 10.2 Å². The zero-order valence-corrected chi connectivity index (χ0v) is 15.1. The topological polar surface area (TPSA) is 84.0 Å². The van der Waals surface area contributed by atoms with Gasteiger partial charge in [-0.25, -0.2) is 0 Å². The molecular formula is C20H21N5O2. The number of benzene rings is 2. The third-order valence-electron chi connectivity index (χ3n) is 4.77. The third-order valence-corrected chi connectivity index (χ3v) is 4.77. The third kappa shape index (κ3) is 3.88. The van der Waals surface area contributed by atoms with Crippen LogP contribution in [0.25, 0.3) is 0 Å². The van der Waals surface area contributed by atoms with Gasteiger partial charge in [0.2, 0.25) is 5.82 Å². The molecule has 1 saturated heterocycles. The first-order valence-electron chi connectivity index (χ1n) is 8.98. The average molecular weight is 363 g/mol. The Labute approximate surface area is 157 Å². The summed E-state index contributed by atoms with van der Waals surface area (Å²) in [5.41, 5.74) is 4.16. The molecule has 0 saturated carbocycles. The first kappa shape index (κ1) is 17.4. The largest absolute Gasteiger partial charge is 0.366 e. The molecule has 2 heterocycles. The molecule has 1 amide bonds. The number of hydrogen-bond acceptors (Lipinski definition) is 5. The summed E-state index contributed by atoms with van der Waals surface area (Å²) in [5.74, 6) is 0.481. The molecular weight excluding hydrogens is 342 g/mol. The number of aromatic nitrogens is 4. The lowest BCUT2D eigenvalue weighted by Gasteiger charge is -2.32. The van der Waals surface area contributed by atoms with Crippen LogP contribution < -0.4 is 0 Å². The van der Waals surface area contributed by atoms with Crippen molar-refractivity contribution in [3.63, 3.8) is 0 Å². The molecule has 1 aliphatic heterocycles. The highest BCUT2D eigenvalue weighted by molar-refractivity contribution is 5.96. The minimum Gasteiger partial charge on any atom is -0.366 e. The van der Waals surface area contributed by atoms with Crippen molar-refractivity contribution in [3.8, 4) is 0 Å². The summed E-state index contributed by atoms with van der Waals surface area (Å²) in [6, 6.07) is 16.2. The number of amides is 1. The Morgan fingerprint density at radius 2 is 2.04 bits per heavy atom. The molecule has 0 bridgehead atoms. The number of carbonyl (C=O) groups is 1. The number of rotatable bonds is 4. The quantitative estimate of drug-likeness (QED) is 0.769. The summed E-state index contributed by atoms with van der Waals surface area (Å²) >= 11 is 0. The maximum Gasteiger partial charge on any atom is 0.254 e. The van der Waals surface area contributed by atoms with E-state index in [1.165, 1.54) is 11.1 Å². The fourth-order valence-corrected chi connectivity index (χ4v) is 3.28. The Kier molecular flexibility index (Phi) is 4.93. The minimum absolute atomic E-state index is 0.00880. The average Bonchev–Trinajstić information content (AvgIpc) is 3.25. The molecule has 0 spiro atoms. The normalized spacial score (nSPS) is 17.1. The van der Waals surface area contributed by atoms with E-state index in [-0.39, 0.29) is 12.0 Å². The van der Waals surface area contributed by atoms with Gasteiger partial charge >= 0.3 is 0 Å². The Morgan fingerprint density at radius 1 is 1.22 bits per heavy atom. The van der Waals surface area contributed by atoms with Gasteiger partial charge in [0.15, 0.2) is 0 Å². The highest BCUT2D eigenvalue weighted by Gasteiger charge is 2.29. The number of ether oxygens (including phenoxy) is 1. The van der Waals surface area contributed by atoms with Crippen LogP contribution in [0.5, 0.6) is 0 Å². The molecule has 27 heavy (non-hydrogen) atoms. The summed E-state index contributed by atoms with van der Waals surface area (Å²) in [4.78, 5) is 15.0. The van der Waals surface area contributed by atoms with Crippen molar-refractivity contribution in [2.45, 2.75) is 19.4 Å². The van der Waals surface area contributed by atoms with E-state index in [0.717, 1.165) is 17.5 Å². The number of H-pyrrole nitrogens is 1. The summed E-state index contributed by atoms with van der Waals surface area (Å²) < 4.78 is 5.70. The van der Waals surface area contributed by atoms with Gasteiger partial charge < -0.3 is 9.64 Å². The van der Waals surface area contributed by atoms with E-state index in [2.05, 4.69) is 51.8 Å². The van der Waals surface area contributed by atoms with Crippen LogP contribution in [-0.2, 0) is 11.2 Å². The van der Waals surface area contributed by atoms with Crippen LogP contribution >= 0.6 is 0 Å². The Hall–Kier alpha value is -3.06. The van der Waals surface area contributed by atoms with Gasteiger partial charge in [0.1, 0.15) is 6.10 Å². The van der Waals surface area contributed by atoms with E-state index in [4.69, 9.17) is 4.74 Å². The summed E-state index contributed by atoms with van der Waals surface area (Å²) in [7, 11) is 0. The van der Waals surface area contributed by atoms with Crippen molar-refractivity contribution >= 4 is 5.91 Å². The Morgan fingerprint density at radius 3 is 2.81 bits per heavy atom. The number of tetrazole rings is 1. The summed E-state index contributed by atoms with van der Waals surface area (Å²) in [6.07, 6.45) is 0.367. The maximum atomic E-state index is 13.2. The maximum absolute atomic E-state index is 13.2. The van der Waals surface area contributed by atoms with Crippen molar-refractivity contribution in [2.75, 3.05) is 19.7 Å². The van der Waals surface area contributed by atoms with E-state index in [9.17, 15) is 4.79 Å². The molecule has 138 valence electrons. The van der Waals surface area contributed by atoms with E-state index >= 15 is 0 Å². The molecule has 1 aliphatic rings. The molecule has 4 rings (SSSR count). The number of aryl methyl sites for hydroxylation is 1. The molecule has 1 unspecified atom stereocenters. The smallest absolute Gasteiger partial charge is 0.254 e. The van der Waals surface area contributed by atoms with E-state index in [1.807, 2.05) is 24.3 Å². The van der Waals surface area contributed by atoms with E-state index in [1.54, 1.807) is 4.90 Å². The predicted octanol–water partition coefficient (Wildman–Crippen LogP) is 2.31. The van der Waals surface area contributed by atoms with Crippen LogP contribution in [-0.4, -0.2) is 51.1 Å². The van der Waals surface area contributed by atoms with Crippen molar-refractivity contribution < 1.29 is 9.53 Å². The first-order valence-corrected chi connectivity index (χ1v) is 8.98. The standard InChI is InChI=1S/C20H21N5O2/c1-14-6-8-15(9-7-14)12-16-4-2-3-5-17(16)20(26)25-10-11-27-18(13-25)19-21-23-24-22-19/h2-9,18H,10-13H2,1H3,(H,21,22,23,24). The zero-order valence-electron chi connectivity index (χ0n) is 15.1. The molecule has 1 atom stereocenters. The van der Waals surface area contributed by atoms with Crippen LogP contribution in [0.3, 0.4) is 0 Å². The summed E-state index contributed by atoms with van der Waals surface area (Å²) in [5, 5.41) is 14.0. The van der Waals surface area contributed by atoms with Gasteiger partial charge in [-0.05, 0) is 30.5 Å². The predicted molar refractivity (Wildman–Crippen MR) is 99.2 cm³/mol. The number of carbonyl (C=O) groups excluding carboxylic acids is 1. The van der Waals surface area contributed by atoms with Crippen LogP contribution in [0.4, 0.5) is 0 Å². The van der Waals surface area contributed by atoms with E-state index < -0.39 is 0 Å². The number of morpholine rings is 1. The van der Waals surface area contributed by atoms with Gasteiger partial charge in [0.25, 0.3) is 5.91 Å². The van der Waals surface area contributed by atoms with Gasteiger partial charge in [-0.1, -0.05) is 53.2 Å². The van der Waals surface area contributed by atoms with Crippen molar-refractivity contribution in [1.29, 1.82) is 0 Å². The molecule has 3 aromatic rings. The van der Waals surface area contributed by atoms with E-state index in [0.29, 0.717) is 25.5 Å². The molecule has 1 N–H and O–H groups in total. The number of hydrogen-bond donors (Lipinski definition) is 1. The van der Waals surface area contributed by atoms with Gasteiger partial charge in [-0.2, -0.15) is 5.21 Å². The minimum atomic E-state index is -0.356. The lowest BCUT2D eigenvalue weighted by molar-refractivity contribution is -0.0268. The van der Waals surface area contributed by atoms with Gasteiger partial charge in [0.05, 0.1) is 13.2 Å². The molecule has 2 aromatic carbocycles. The Balaban J connectivity index is 1.54. The second-order valence-electron chi connectivity index (χ2n) is 6.70. The SMILES string of the molecule is Cc1ccc(Cc2ccccc2C(=O)N2CCOC(c3nn[nH]n3)C2)cc1. The second kappa shape index (κ2) is 7.67. The highest BCUT2D eigenvalue weighted by atomic mass is 16.5. The lowest BCUT2D eigenvalue weighted by Crippen LogP contribution is -2.42. The van der Waals surface area contributed by atoms with Crippen molar-refractivity contribution in [3.05, 3.63) is 76.6 Å². The first-order chi connectivity index (χ1) is 13.2. The van der Waals surface area contributed by atoms with Crippen LogP contribution in [0.15, 0.2) is 48.5 Å². The Bertz CT molecular complexity index is 908. The summed E-state index contributed by atoms with van der Waals surface area (Å²) in [6.45, 7) is 3.48. The zero-order chi connectivity index (χ0) is 18.6. The molecule has 1 aromatic heterocycles. The van der Waals surface area contributed by atoms with Crippen LogP contribution in [0, 0.1) is 6.92 Å². The monoisotopic (exact) mass is 363 g/mol. The lowest BCUT2D eigenvalue weighted by atomic mass is 9.98. The molecule has 7 nitrogen and oxygen atoms in total. The molecule has 0 radical (unpaired) electrons. The fraction of sp³-hybridized carbons (Fsp3) is 0.300. The van der Waals surface area contributed by atoms with Crippen LogP contribution in [0.2, 0.25) is 0 Å². The van der Waals surface area contributed by atoms with Crippen molar-refractivity contribution in [2.24, 2.45) is 0 Å². The van der Waals surface area contributed by atoms with Gasteiger partial charge in [-0.3, -0.25) is 4.79 Å². The molecule has 0 aliphatic carbocycles. The molecule has 7 heteroatoms. The second-order valence-corrected chi connectivity index (χ2v) is 6.70. The highest BCUT2D eigenvalue weighted by Crippen LogP contribution is 2.22. The molecule has 1 fully saturated rings. The van der Waals surface area contributed by atoms with Crippen molar-refractivity contribution in [1.82, 2.24) is 25.5 Å². The van der Waals surface area contributed by atoms with Gasteiger partial charge in [0, 0.05) is 12.1 Å².